The summed E-state index contributed by atoms with van der Waals surface area (Å²) in [5, 5.41) is 8.53. The fourth-order valence-corrected chi connectivity index (χ4v) is 2.95. The van der Waals surface area contributed by atoms with E-state index in [1.807, 2.05) is 30.3 Å². The van der Waals surface area contributed by atoms with Crippen LogP contribution in [0.1, 0.15) is 25.7 Å². The van der Waals surface area contributed by atoms with Crippen LogP contribution in [0.3, 0.4) is 0 Å². The Labute approximate surface area is 152 Å². The summed E-state index contributed by atoms with van der Waals surface area (Å²) in [5.41, 5.74) is 1.35. The number of amides is 3. The first-order valence-corrected chi connectivity index (χ1v) is 8.84. The maximum atomic E-state index is 12.0. The minimum atomic E-state index is -0.242. The molecule has 2 aromatic carbocycles. The van der Waals surface area contributed by atoms with E-state index in [4.69, 9.17) is 4.74 Å². The Balaban J connectivity index is 1.47. The molecule has 6 nitrogen and oxygen atoms in total. The molecule has 3 amide bonds. The van der Waals surface area contributed by atoms with Gasteiger partial charge in [0.1, 0.15) is 5.75 Å². The van der Waals surface area contributed by atoms with E-state index in [0.717, 1.165) is 18.5 Å². The number of urea groups is 1. The predicted octanol–water partition coefficient (Wildman–Crippen LogP) is 3.77. The monoisotopic (exact) mass is 353 g/mol. The number of hydrogen-bond acceptors (Lipinski definition) is 3. The van der Waals surface area contributed by atoms with Gasteiger partial charge in [0.25, 0.3) is 5.91 Å². The Morgan fingerprint density at radius 3 is 2.42 bits per heavy atom. The van der Waals surface area contributed by atoms with Crippen LogP contribution in [0.4, 0.5) is 16.2 Å². The highest BCUT2D eigenvalue weighted by atomic mass is 16.5. The molecule has 1 saturated carbocycles. The minimum absolute atomic E-state index is 0.105. The zero-order chi connectivity index (χ0) is 18.2. The van der Waals surface area contributed by atoms with Crippen LogP contribution in [0.2, 0.25) is 0 Å². The van der Waals surface area contributed by atoms with Gasteiger partial charge in [0.2, 0.25) is 0 Å². The van der Waals surface area contributed by atoms with Gasteiger partial charge in [-0.2, -0.15) is 0 Å². The summed E-state index contributed by atoms with van der Waals surface area (Å²) >= 11 is 0. The van der Waals surface area contributed by atoms with Gasteiger partial charge in [-0.25, -0.2) is 4.79 Å². The molecule has 26 heavy (non-hydrogen) atoms. The van der Waals surface area contributed by atoms with Crippen molar-refractivity contribution in [1.82, 2.24) is 5.32 Å². The Kier molecular flexibility index (Phi) is 6.09. The van der Waals surface area contributed by atoms with Gasteiger partial charge in [-0.15, -0.1) is 0 Å². The van der Waals surface area contributed by atoms with E-state index in [1.54, 1.807) is 24.3 Å². The molecule has 0 unspecified atom stereocenters. The van der Waals surface area contributed by atoms with Crippen molar-refractivity contribution in [2.45, 2.75) is 31.7 Å². The first kappa shape index (κ1) is 17.8. The standard InChI is InChI=1S/C20H23N3O3/c24-19(21-15-7-2-1-3-8-15)14-26-18-12-6-11-17(13-18)23-20(25)22-16-9-4-5-10-16/h1-3,6-8,11-13,16H,4-5,9-10,14H2,(H,21,24)(H2,22,23,25). The summed E-state index contributed by atoms with van der Waals surface area (Å²) < 4.78 is 5.51. The average molecular weight is 353 g/mol. The summed E-state index contributed by atoms with van der Waals surface area (Å²) in [6.45, 7) is -0.105. The quantitative estimate of drug-likeness (QED) is 0.740. The van der Waals surface area contributed by atoms with Crippen molar-refractivity contribution in [1.29, 1.82) is 0 Å². The Morgan fingerprint density at radius 2 is 1.65 bits per heavy atom. The van der Waals surface area contributed by atoms with Gasteiger partial charge in [-0.1, -0.05) is 37.1 Å². The molecule has 1 aliphatic carbocycles. The van der Waals surface area contributed by atoms with Crippen LogP contribution < -0.4 is 20.7 Å². The molecular weight excluding hydrogens is 330 g/mol. The molecule has 1 aliphatic rings. The van der Waals surface area contributed by atoms with Gasteiger partial charge in [0.05, 0.1) is 0 Å². The van der Waals surface area contributed by atoms with E-state index >= 15 is 0 Å². The van der Waals surface area contributed by atoms with E-state index in [-0.39, 0.29) is 24.6 Å². The summed E-state index contributed by atoms with van der Waals surface area (Å²) in [7, 11) is 0. The van der Waals surface area contributed by atoms with Gasteiger partial charge in [-0.3, -0.25) is 4.79 Å². The summed E-state index contributed by atoms with van der Waals surface area (Å²) in [5.74, 6) is 0.278. The fraction of sp³-hybridized carbons (Fsp3) is 0.300. The van der Waals surface area contributed by atoms with Gasteiger partial charge < -0.3 is 20.7 Å². The van der Waals surface area contributed by atoms with Crippen molar-refractivity contribution in [3.8, 4) is 5.75 Å². The van der Waals surface area contributed by atoms with Gasteiger partial charge in [0.15, 0.2) is 6.61 Å². The molecule has 136 valence electrons. The van der Waals surface area contributed by atoms with Crippen LogP contribution in [0, 0.1) is 0 Å². The van der Waals surface area contributed by atoms with Gasteiger partial charge in [0, 0.05) is 23.5 Å². The molecule has 0 spiro atoms. The SMILES string of the molecule is O=C(COc1cccc(NC(=O)NC2CCCC2)c1)Nc1ccccc1. The second-order valence-corrected chi connectivity index (χ2v) is 6.31. The minimum Gasteiger partial charge on any atom is -0.484 e. The number of rotatable bonds is 6. The van der Waals surface area contributed by atoms with E-state index in [1.165, 1.54) is 12.8 Å². The number of benzene rings is 2. The lowest BCUT2D eigenvalue weighted by atomic mass is 10.2. The van der Waals surface area contributed by atoms with E-state index in [0.29, 0.717) is 11.4 Å². The molecule has 1 fully saturated rings. The van der Waals surface area contributed by atoms with E-state index < -0.39 is 0 Å². The predicted molar refractivity (Wildman–Crippen MR) is 101 cm³/mol. The highest BCUT2D eigenvalue weighted by Crippen LogP contribution is 2.19. The molecule has 6 heteroatoms. The van der Waals surface area contributed by atoms with Crippen LogP contribution in [0.15, 0.2) is 54.6 Å². The van der Waals surface area contributed by atoms with Crippen molar-refractivity contribution in [2.75, 3.05) is 17.2 Å². The molecule has 0 bridgehead atoms. The second kappa shape index (κ2) is 8.89. The number of hydrogen-bond donors (Lipinski definition) is 3. The smallest absolute Gasteiger partial charge is 0.319 e. The van der Waals surface area contributed by atoms with Crippen molar-refractivity contribution in [3.63, 3.8) is 0 Å². The summed E-state index contributed by atoms with van der Waals surface area (Å²) in [6, 6.07) is 16.3. The first-order chi connectivity index (χ1) is 12.7. The molecule has 0 aromatic heterocycles. The van der Waals surface area contributed by atoms with Crippen molar-refractivity contribution >= 4 is 23.3 Å². The number of anilines is 2. The summed E-state index contributed by atoms with van der Waals surface area (Å²) in [4.78, 5) is 23.9. The van der Waals surface area contributed by atoms with E-state index in [2.05, 4.69) is 16.0 Å². The first-order valence-electron chi connectivity index (χ1n) is 8.84. The molecule has 0 radical (unpaired) electrons. The largest absolute Gasteiger partial charge is 0.484 e. The van der Waals surface area contributed by atoms with Crippen LogP contribution >= 0.6 is 0 Å². The third-order valence-electron chi connectivity index (χ3n) is 4.21. The maximum absolute atomic E-state index is 12.0. The van der Waals surface area contributed by atoms with Crippen molar-refractivity contribution < 1.29 is 14.3 Å². The molecule has 3 rings (SSSR count). The van der Waals surface area contributed by atoms with Crippen LogP contribution in [-0.2, 0) is 4.79 Å². The number of nitrogens with one attached hydrogen (secondary N) is 3. The van der Waals surface area contributed by atoms with Crippen molar-refractivity contribution in [3.05, 3.63) is 54.6 Å². The van der Waals surface area contributed by atoms with Gasteiger partial charge in [-0.05, 0) is 37.1 Å². The van der Waals surface area contributed by atoms with E-state index in [9.17, 15) is 9.59 Å². The molecule has 0 heterocycles. The molecular formula is C20H23N3O3. The second-order valence-electron chi connectivity index (χ2n) is 6.31. The Hall–Kier alpha value is -3.02. The Bertz CT molecular complexity index is 743. The number of carbonyl (C=O) groups excluding carboxylic acids is 2. The number of para-hydroxylation sites is 1. The van der Waals surface area contributed by atoms with Crippen molar-refractivity contribution in [2.24, 2.45) is 0 Å². The molecule has 0 saturated heterocycles. The molecule has 3 N–H and O–H groups in total. The van der Waals surface area contributed by atoms with Crippen LogP contribution in [0.25, 0.3) is 0 Å². The number of ether oxygens (including phenoxy) is 1. The normalized spacial score (nSPS) is 13.8. The highest BCUT2D eigenvalue weighted by molar-refractivity contribution is 5.92. The zero-order valence-electron chi connectivity index (χ0n) is 14.5. The Morgan fingerprint density at radius 1 is 0.923 bits per heavy atom. The molecule has 0 atom stereocenters. The van der Waals surface area contributed by atoms with Crippen LogP contribution in [0.5, 0.6) is 5.75 Å². The fourth-order valence-electron chi connectivity index (χ4n) is 2.95. The lowest BCUT2D eigenvalue weighted by molar-refractivity contribution is -0.118. The third-order valence-corrected chi connectivity index (χ3v) is 4.21. The third kappa shape index (κ3) is 5.51. The molecule has 0 aliphatic heterocycles. The molecule has 2 aromatic rings. The summed E-state index contributed by atoms with van der Waals surface area (Å²) in [6.07, 6.45) is 4.40. The van der Waals surface area contributed by atoms with Crippen LogP contribution in [-0.4, -0.2) is 24.6 Å². The zero-order valence-corrected chi connectivity index (χ0v) is 14.5. The lowest BCUT2D eigenvalue weighted by Gasteiger charge is -2.13. The topological polar surface area (TPSA) is 79.5 Å². The highest BCUT2D eigenvalue weighted by Gasteiger charge is 2.17. The average Bonchev–Trinajstić information content (AvgIpc) is 3.14. The van der Waals surface area contributed by atoms with Gasteiger partial charge >= 0.3 is 6.03 Å². The number of carbonyl (C=O) groups is 2. The maximum Gasteiger partial charge on any atom is 0.319 e. The lowest BCUT2D eigenvalue weighted by Crippen LogP contribution is -2.36.